The summed E-state index contributed by atoms with van der Waals surface area (Å²) in [4.78, 5) is 2.66. The number of nitrogens with zero attached hydrogens (tertiary/aromatic N) is 1. The van der Waals surface area contributed by atoms with Crippen LogP contribution in [0.5, 0.6) is 0 Å². The van der Waals surface area contributed by atoms with Gasteiger partial charge in [-0.15, -0.1) is 0 Å². The molecule has 2 rings (SSSR count). The van der Waals surface area contributed by atoms with Crippen LogP contribution in [0.2, 0.25) is 0 Å². The van der Waals surface area contributed by atoms with E-state index >= 15 is 0 Å². The first-order valence-electron chi connectivity index (χ1n) is 8.48. The summed E-state index contributed by atoms with van der Waals surface area (Å²) in [5.74, 6) is 1.54. The van der Waals surface area contributed by atoms with Gasteiger partial charge in [0.15, 0.2) is 0 Å². The zero-order valence-corrected chi connectivity index (χ0v) is 15.0. The topological polar surface area (TPSA) is 3.24 Å². The molecule has 0 fully saturated rings. The van der Waals surface area contributed by atoms with Crippen LogP contribution in [0.15, 0.2) is 18.2 Å². The average molecular weight is 306 g/mol. The molecule has 118 valence electrons. The van der Waals surface area contributed by atoms with Crippen molar-refractivity contribution in [3.05, 3.63) is 29.3 Å². The lowest BCUT2D eigenvalue weighted by atomic mass is 9.79. The van der Waals surface area contributed by atoms with Gasteiger partial charge in [0.1, 0.15) is 0 Å². The Morgan fingerprint density at radius 3 is 2.67 bits per heavy atom. The van der Waals surface area contributed by atoms with Gasteiger partial charge in [0, 0.05) is 17.8 Å². The van der Waals surface area contributed by atoms with Crippen LogP contribution in [-0.2, 0) is 0 Å². The Labute approximate surface area is 136 Å². The van der Waals surface area contributed by atoms with Crippen molar-refractivity contribution in [2.24, 2.45) is 0 Å². The SMILES string of the molecule is CCCCCCN1c2cc(C)ccc2C(CS)CC1(C)C. The Morgan fingerprint density at radius 1 is 1.24 bits per heavy atom. The van der Waals surface area contributed by atoms with Crippen molar-refractivity contribution in [3.63, 3.8) is 0 Å². The lowest BCUT2D eigenvalue weighted by Crippen LogP contribution is -2.49. The average Bonchev–Trinajstić information content (AvgIpc) is 2.44. The van der Waals surface area contributed by atoms with E-state index in [2.05, 4.69) is 63.4 Å². The standard InChI is InChI=1S/C19H31NS/c1-5-6-7-8-11-20-18-12-15(2)9-10-17(18)16(14-21)13-19(20,3)4/h9-10,12,16,21H,5-8,11,13-14H2,1-4H3. The molecule has 0 aromatic heterocycles. The summed E-state index contributed by atoms with van der Waals surface area (Å²) in [6, 6.07) is 6.97. The van der Waals surface area contributed by atoms with Gasteiger partial charge in [0.05, 0.1) is 0 Å². The molecule has 0 saturated carbocycles. The summed E-state index contributed by atoms with van der Waals surface area (Å²) < 4.78 is 0. The predicted molar refractivity (Wildman–Crippen MR) is 98.0 cm³/mol. The van der Waals surface area contributed by atoms with Crippen molar-refractivity contribution in [2.45, 2.75) is 71.3 Å². The van der Waals surface area contributed by atoms with Crippen LogP contribution in [0.4, 0.5) is 5.69 Å². The van der Waals surface area contributed by atoms with E-state index in [0.29, 0.717) is 5.92 Å². The number of thiol groups is 1. The number of benzene rings is 1. The van der Waals surface area contributed by atoms with E-state index < -0.39 is 0 Å². The van der Waals surface area contributed by atoms with Crippen molar-refractivity contribution in [1.82, 2.24) is 0 Å². The molecule has 0 saturated heterocycles. The van der Waals surface area contributed by atoms with Gasteiger partial charge >= 0.3 is 0 Å². The van der Waals surface area contributed by atoms with Gasteiger partial charge in [0.2, 0.25) is 0 Å². The summed E-state index contributed by atoms with van der Waals surface area (Å²) in [5.41, 5.74) is 4.57. The second kappa shape index (κ2) is 7.09. The summed E-state index contributed by atoms with van der Waals surface area (Å²) >= 11 is 4.60. The molecule has 1 aliphatic heterocycles. The van der Waals surface area contributed by atoms with Crippen LogP contribution in [0.3, 0.4) is 0 Å². The number of hydrogen-bond donors (Lipinski definition) is 1. The second-order valence-electron chi connectivity index (χ2n) is 7.17. The predicted octanol–water partition coefficient (Wildman–Crippen LogP) is 5.58. The van der Waals surface area contributed by atoms with Crippen LogP contribution >= 0.6 is 12.6 Å². The molecule has 1 aliphatic rings. The fraction of sp³-hybridized carbons (Fsp3) is 0.684. The van der Waals surface area contributed by atoms with E-state index in [4.69, 9.17) is 0 Å². The van der Waals surface area contributed by atoms with E-state index in [1.54, 1.807) is 0 Å². The van der Waals surface area contributed by atoms with E-state index in [-0.39, 0.29) is 5.54 Å². The first-order chi connectivity index (χ1) is 9.99. The quantitative estimate of drug-likeness (QED) is 0.530. The third-order valence-electron chi connectivity index (χ3n) is 4.85. The minimum Gasteiger partial charge on any atom is -0.366 e. The number of hydrogen-bond acceptors (Lipinski definition) is 2. The number of fused-ring (bicyclic) bond motifs is 1. The molecule has 1 aromatic rings. The fourth-order valence-electron chi connectivity index (χ4n) is 3.66. The molecule has 0 bridgehead atoms. The molecule has 1 atom stereocenters. The number of unbranched alkanes of at least 4 members (excludes halogenated alkanes) is 3. The molecular weight excluding hydrogens is 274 g/mol. The van der Waals surface area contributed by atoms with Crippen LogP contribution in [0.1, 0.15) is 69.9 Å². The van der Waals surface area contributed by atoms with Crippen molar-refractivity contribution < 1.29 is 0 Å². The molecule has 0 radical (unpaired) electrons. The Morgan fingerprint density at radius 2 is 2.00 bits per heavy atom. The van der Waals surface area contributed by atoms with Crippen molar-refractivity contribution >= 4 is 18.3 Å². The number of rotatable bonds is 6. The minimum atomic E-state index is 0.237. The third kappa shape index (κ3) is 3.77. The van der Waals surface area contributed by atoms with Gasteiger partial charge in [-0.05, 0) is 62.5 Å². The van der Waals surface area contributed by atoms with Crippen LogP contribution in [0, 0.1) is 6.92 Å². The zero-order valence-electron chi connectivity index (χ0n) is 14.2. The maximum Gasteiger partial charge on any atom is 0.0409 e. The minimum absolute atomic E-state index is 0.237. The van der Waals surface area contributed by atoms with Crippen LogP contribution in [-0.4, -0.2) is 17.8 Å². The maximum absolute atomic E-state index is 4.60. The lowest BCUT2D eigenvalue weighted by molar-refractivity contribution is 0.374. The van der Waals surface area contributed by atoms with Gasteiger partial charge in [-0.25, -0.2) is 0 Å². The molecule has 1 unspecified atom stereocenters. The van der Waals surface area contributed by atoms with E-state index in [1.807, 2.05) is 0 Å². The van der Waals surface area contributed by atoms with Crippen molar-refractivity contribution in [2.75, 3.05) is 17.2 Å². The Kier molecular flexibility index (Phi) is 5.65. The molecule has 21 heavy (non-hydrogen) atoms. The Balaban J connectivity index is 2.26. The zero-order chi connectivity index (χ0) is 15.5. The number of aryl methyl sites for hydroxylation is 1. The first kappa shape index (κ1) is 16.7. The fourth-order valence-corrected chi connectivity index (χ4v) is 3.99. The van der Waals surface area contributed by atoms with Crippen molar-refractivity contribution in [1.29, 1.82) is 0 Å². The van der Waals surface area contributed by atoms with Crippen LogP contribution < -0.4 is 4.90 Å². The smallest absolute Gasteiger partial charge is 0.0409 e. The maximum atomic E-state index is 4.60. The van der Waals surface area contributed by atoms with Gasteiger partial charge in [-0.2, -0.15) is 12.6 Å². The number of anilines is 1. The second-order valence-corrected chi connectivity index (χ2v) is 7.54. The Hall–Kier alpha value is -0.630. The first-order valence-corrected chi connectivity index (χ1v) is 9.12. The lowest BCUT2D eigenvalue weighted by Gasteiger charge is -2.48. The summed E-state index contributed by atoms with van der Waals surface area (Å²) in [7, 11) is 0. The van der Waals surface area contributed by atoms with Gasteiger partial charge in [-0.1, -0.05) is 38.3 Å². The van der Waals surface area contributed by atoms with E-state index in [0.717, 1.165) is 5.75 Å². The van der Waals surface area contributed by atoms with Crippen molar-refractivity contribution in [3.8, 4) is 0 Å². The molecule has 0 spiro atoms. The molecule has 0 amide bonds. The molecule has 0 N–H and O–H groups in total. The molecular formula is C19H31NS. The normalized spacial score (nSPS) is 20.4. The summed E-state index contributed by atoms with van der Waals surface area (Å²) in [5, 5.41) is 0. The molecule has 1 nitrogen and oxygen atoms in total. The van der Waals surface area contributed by atoms with Gasteiger partial charge < -0.3 is 4.90 Å². The van der Waals surface area contributed by atoms with Crippen LogP contribution in [0.25, 0.3) is 0 Å². The summed E-state index contributed by atoms with van der Waals surface area (Å²) in [6.45, 7) is 10.5. The highest BCUT2D eigenvalue weighted by molar-refractivity contribution is 7.80. The van der Waals surface area contributed by atoms with E-state index in [1.165, 1.54) is 55.5 Å². The largest absolute Gasteiger partial charge is 0.366 e. The molecule has 0 aliphatic carbocycles. The molecule has 2 heteroatoms. The monoisotopic (exact) mass is 305 g/mol. The summed E-state index contributed by atoms with van der Waals surface area (Å²) in [6.07, 6.45) is 6.52. The molecule has 1 aromatic carbocycles. The van der Waals surface area contributed by atoms with E-state index in [9.17, 15) is 0 Å². The highest BCUT2D eigenvalue weighted by atomic mass is 32.1. The highest BCUT2D eigenvalue weighted by Gasteiger charge is 2.36. The molecule has 1 heterocycles. The Bertz CT molecular complexity index is 467. The highest BCUT2D eigenvalue weighted by Crippen LogP contribution is 2.44. The third-order valence-corrected chi connectivity index (χ3v) is 5.29. The van der Waals surface area contributed by atoms with Gasteiger partial charge in [-0.3, -0.25) is 0 Å². The van der Waals surface area contributed by atoms with Gasteiger partial charge in [0.25, 0.3) is 0 Å².